The van der Waals surface area contributed by atoms with E-state index in [2.05, 4.69) is 47.9 Å². The second kappa shape index (κ2) is 10.9. The van der Waals surface area contributed by atoms with E-state index in [1.165, 1.54) is 28.4 Å². The molecule has 5 heterocycles. The van der Waals surface area contributed by atoms with Crippen LogP contribution in [0.3, 0.4) is 0 Å². The lowest BCUT2D eigenvalue weighted by Crippen LogP contribution is -2.36. The number of aryl methyl sites for hydroxylation is 1. The van der Waals surface area contributed by atoms with Crippen molar-refractivity contribution in [2.24, 2.45) is 5.92 Å². The first kappa shape index (κ1) is 23.9. The van der Waals surface area contributed by atoms with Gasteiger partial charge in [-0.2, -0.15) is 5.10 Å². The predicted octanol–water partition coefficient (Wildman–Crippen LogP) is 5.13. The number of nitrogens with zero attached hydrogens (tertiary/aromatic N) is 4. The van der Waals surface area contributed by atoms with Crippen molar-refractivity contribution < 1.29 is 4.79 Å². The van der Waals surface area contributed by atoms with Crippen LogP contribution in [-0.4, -0.2) is 51.8 Å². The highest BCUT2D eigenvalue weighted by Crippen LogP contribution is 2.31. The Morgan fingerprint density at radius 2 is 2.11 bits per heavy atom. The van der Waals surface area contributed by atoms with Crippen molar-refractivity contribution in [1.29, 1.82) is 0 Å². The number of nitrogens with one attached hydrogen (secondary N) is 3. The number of hydrogen-bond donors (Lipinski definition) is 3. The molecule has 0 aliphatic carbocycles. The quantitative estimate of drug-likeness (QED) is 0.281. The van der Waals surface area contributed by atoms with Gasteiger partial charge < -0.3 is 10.0 Å². The molecule has 11 heteroatoms. The molecular weight excluding hydrogens is 511 g/mol. The Labute approximate surface area is 222 Å². The molecule has 3 aromatic heterocycles. The number of aromatic nitrogens is 3. The minimum absolute atomic E-state index is 0.203. The maximum atomic E-state index is 13.0. The maximum Gasteiger partial charge on any atom is 0.277 e. The molecule has 1 saturated heterocycles. The molecule has 2 aliphatic rings. The first-order valence-electron chi connectivity index (χ1n) is 12.4. The fourth-order valence-corrected chi connectivity index (χ4v) is 7.18. The molecule has 0 saturated carbocycles. The number of hydrogen-bond acceptors (Lipinski definition) is 9. The summed E-state index contributed by atoms with van der Waals surface area (Å²) in [4.78, 5) is 20.2. The highest BCUT2D eigenvalue weighted by Gasteiger charge is 2.23. The first-order chi connectivity index (χ1) is 17.7. The second-order valence-corrected chi connectivity index (χ2v) is 12.4. The largest absolute Gasteiger partial charge is 0.325 e. The highest BCUT2D eigenvalue weighted by molar-refractivity contribution is 8.02. The second-order valence-electron chi connectivity index (χ2n) is 9.32. The summed E-state index contributed by atoms with van der Waals surface area (Å²) in [7, 11) is 0. The number of benzene rings is 1. The van der Waals surface area contributed by atoms with Crippen LogP contribution >= 0.6 is 34.6 Å². The van der Waals surface area contributed by atoms with Crippen molar-refractivity contribution in [3.63, 3.8) is 0 Å². The van der Waals surface area contributed by atoms with Crippen LogP contribution in [0.5, 0.6) is 0 Å². The number of anilines is 2. The van der Waals surface area contributed by atoms with Gasteiger partial charge in [-0.3, -0.25) is 19.7 Å². The van der Waals surface area contributed by atoms with Crippen LogP contribution in [0.4, 0.5) is 10.8 Å². The topological polar surface area (TPSA) is 87.1 Å². The number of carbonyl (C=O) groups excluding carboxylic acids is 1. The van der Waals surface area contributed by atoms with Crippen LogP contribution in [0.25, 0.3) is 10.2 Å². The number of piperidine rings is 1. The lowest BCUT2D eigenvalue weighted by atomic mass is 9.97. The van der Waals surface area contributed by atoms with Gasteiger partial charge in [0.1, 0.15) is 0 Å². The van der Waals surface area contributed by atoms with E-state index >= 15 is 0 Å². The SMILES string of the molecule is O=C(Nc1nc2ccc(NSc3cccs3)cc2s1)c1cc2n(n1)CCCN(CC1CCNCC1)C2. The minimum Gasteiger partial charge on any atom is -0.325 e. The van der Waals surface area contributed by atoms with E-state index in [4.69, 9.17) is 0 Å². The van der Waals surface area contributed by atoms with Gasteiger partial charge >= 0.3 is 0 Å². The molecule has 1 amide bonds. The Bertz CT molecular complexity index is 1330. The zero-order chi connectivity index (χ0) is 24.3. The van der Waals surface area contributed by atoms with Gasteiger partial charge in [0.05, 0.1) is 20.1 Å². The fourth-order valence-electron chi connectivity index (χ4n) is 4.86. The van der Waals surface area contributed by atoms with E-state index in [0.717, 1.165) is 73.2 Å². The van der Waals surface area contributed by atoms with Crippen LogP contribution in [0, 0.1) is 5.92 Å². The summed E-state index contributed by atoms with van der Waals surface area (Å²) in [6.45, 7) is 6.17. The average molecular weight is 540 g/mol. The van der Waals surface area contributed by atoms with Crippen LogP contribution in [0.1, 0.15) is 35.4 Å². The minimum atomic E-state index is -0.203. The summed E-state index contributed by atoms with van der Waals surface area (Å²) in [5.41, 5.74) is 3.46. The van der Waals surface area contributed by atoms with Crippen molar-refractivity contribution in [1.82, 2.24) is 25.0 Å². The summed E-state index contributed by atoms with van der Waals surface area (Å²) in [5.74, 6) is 0.554. The first-order valence-corrected chi connectivity index (χ1v) is 14.9. The van der Waals surface area contributed by atoms with Crippen LogP contribution in [0.15, 0.2) is 46.0 Å². The van der Waals surface area contributed by atoms with Gasteiger partial charge in [-0.05, 0) is 85.9 Å². The van der Waals surface area contributed by atoms with Crippen molar-refractivity contribution in [3.8, 4) is 0 Å². The van der Waals surface area contributed by atoms with Gasteiger partial charge in [-0.1, -0.05) is 17.4 Å². The lowest BCUT2D eigenvalue weighted by Gasteiger charge is -2.29. The number of thiazole rings is 1. The molecule has 1 aromatic carbocycles. The predicted molar refractivity (Wildman–Crippen MR) is 149 cm³/mol. The Morgan fingerprint density at radius 1 is 1.19 bits per heavy atom. The summed E-state index contributed by atoms with van der Waals surface area (Å²) in [6, 6.07) is 12.1. The fraction of sp³-hybridized carbons (Fsp3) is 0.400. The van der Waals surface area contributed by atoms with E-state index in [1.807, 2.05) is 28.9 Å². The molecule has 0 spiro atoms. The Morgan fingerprint density at radius 3 is 2.97 bits per heavy atom. The van der Waals surface area contributed by atoms with Gasteiger partial charge in [0.25, 0.3) is 5.91 Å². The number of thiophene rings is 1. The highest BCUT2D eigenvalue weighted by atomic mass is 32.2. The van der Waals surface area contributed by atoms with Crippen LogP contribution < -0.4 is 15.4 Å². The van der Waals surface area contributed by atoms with Crippen LogP contribution in [-0.2, 0) is 13.1 Å². The number of carbonyl (C=O) groups is 1. The van der Waals surface area contributed by atoms with E-state index in [9.17, 15) is 4.79 Å². The van der Waals surface area contributed by atoms with E-state index in [1.54, 1.807) is 23.3 Å². The maximum absolute atomic E-state index is 13.0. The number of amides is 1. The van der Waals surface area contributed by atoms with Gasteiger partial charge in [0.2, 0.25) is 0 Å². The average Bonchev–Trinajstić information content (AvgIpc) is 3.61. The zero-order valence-corrected chi connectivity index (χ0v) is 22.4. The summed E-state index contributed by atoms with van der Waals surface area (Å²) in [6.07, 6.45) is 3.55. The van der Waals surface area contributed by atoms with E-state index in [-0.39, 0.29) is 5.91 Å². The lowest BCUT2D eigenvalue weighted by molar-refractivity contribution is 0.102. The summed E-state index contributed by atoms with van der Waals surface area (Å²) < 4.78 is 7.62. The molecule has 3 N–H and O–H groups in total. The molecule has 0 atom stereocenters. The van der Waals surface area contributed by atoms with Gasteiger partial charge in [-0.25, -0.2) is 4.98 Å². The van der Waals surface area contributed by atoms with E-state index in [0.29, 0.717) is 10.8 Å². The number of fused-ring (bicyclic) bond motifs is 2. The third-order valence-electron chi connectivity index (χ3n) is 6.67. The summed E-state index contributed by atoms with van der Waals surface area (Å²) in [5, 5.41) is 13.7. The Balaban J connectivity index is 1.10. The van der Waals surface area contributed by atoms with Gasteiger partial charge in [-0.15, -0.1) is 11.3 Å². The van der Waals surface area contributed by atoms with Crippen molar-refractivity contribution in [2.45, 2.75) is 36.6 Å². The molecule has 188 valence electrons. The zero-order valence-electron chi connectivity index (χ0n) is 19.9. The standard InChI is InChI=1S/C25H29N7OS3/c33-24(21-14-19-16-31(10-2-11-32(19)29-21)15-17-6-8-26-9-7-17)28-25-27-20-5-4-18(13-22(20)35-25)30-36-23-3-1-12-34-23/h1,3-5,12-14,17,26,30H,2,6-11,15-16H2,(H,27,28,33). The van der Waals surface area contributed by atoms with Crippen LogP contribution in [0.2, 0.25) is 0 Å². The molecule has 2 aliphatic heterocycles. The van der Waals surface area contributed by atoms with E-state index < -0.39 is 0 Å². The molecule has 36 heavy (non-hydrogen) atoms. The molecule has 1 fully saturated rings. The number of rotatable bonds is 7. The third-order valence-corrected chi connectivity index (χ3v) is 9.48. The van der Waals surface area contributed by atoms with Crippen molar-refractivity contribution in [2.75, 3.05) is 36.2 Å². The molecule has 0 radical (unpaired) electrons. The molecule has 8 nitrogen and oxygen atoms in total. The monoisotopic (exact) mass is 539 g/mol. The van der Waals surface area contributed by atoms with Crippen molar-refractivity contribution in [3.05, 3.63) is 53.2 Å². The Hall–Kier alpha value is -2.44. The third kappa shape index (κ3) is 5.60. The van der Waals surface area contributed by atoms with Crippen molar-refractivity contribution >= 4 is 61.6 Å². The Kier molecular flexibility index (Phi) is 7.24. The molecule has 4 aromatic rings. The molecule has 0 bridgehead atoms. The van der Waals surface area contributed by atoms with Gasteiger partial charge in [0, 0.05) is 31.9 Å². The summed E-state index contributed by atoms with van der Waals surface area (Å²) >= 11 is 4.78. The molecule has 0 unspecified atom stereocenters. The van der Waals surface area contributed by atoms with Gasteiger partial charge in [0.15, 0.2) is 10.8 Å². The molecule has 6 rings (SSSR count). The molecular formula is C25H29N7OS3. The normalized spacial score (nSPS) is 17.1. The smallest absolute Gasteiger partial charge is 0.277 e.